The van der Waals surface area contributed by atoms with Gasteiger partial charge in [0.25, 0.3) is 0 Å². The van der Waals surface area contributed by atoms with Crippen molar-refractivity contribution in [2.24, 2.45) is 0 Å². The molecule has 0 saturated carbocycles. The van der Waals surface area contributed by atoms with E-state index >= 15 is 0 Å². The van der Waals surface area contributed by atoms with E-state index in [1.165, 1.54) is 19.9 Å². The molecule has 76 valence electrons. The molecule has 0 spiro atoms. The second-order valence-electron chi connectivity index (χ2n) is 4.44. The fourth-order valence-electron chi connectivity index (χ4n) is 1.52. The molecule has 0 aromatic heterocycles. The van der Waals surface area contributed by atoms with Gasteiger partial charge in [-0.15, -0.1) is 8.20 Å². The molecule has 0 fully saturated rings. The van der Waals surface area contributed by atoms with Gasteiger partial charge in [0.15, 0.2) is 0 Å². The van der Waals surface area contributed by atoms with E-state index in [1.54, 1.807) is 4.92 Å². The van der Waals surface area contributed by atoms with Crippen molar-refractivity contribution in [1.29, 1.82) is 0 Å². The average Bonchev–Trinajstić information content (AvgIpc) is 2.14. The first-order valence-electron chi connectivity index (χ1n) is 5.16. The lowest BCUT2D eigenvalue weighted by atomic mass is 10.2. The van der Waals surface area contributed by atoms with Gasteiger partial charge in [0.05, 0.1) is 8.07 Å². The fourth-order valence-corrected chi connectivity index (χ4v) is 5.57. The number of hydrogen-bond acceptors (Lipinski definition) is 0. The Labute approximate surface area is 90.2 Å². The molecule has 1 rings (SSSR count). The van der Waals surface area contributed by atoms with Crippen LogP contribution in [-0.2, 0) is 0 Å². The first-order chi connectivity index (χ1) is 6.55. The minimum Gasteiger partial charge on any atom is -0.105 e. The maximum Gasteiger partial charge on any atom is 0.0838 e. The molecule has 0 atom stereocenters. The predicted octanol–water partition coefficient (Wildman–Crippen LogP) is 4.05. The standard InChI is InChI=1S/C12H19PSi/c1-5-13-12(14(2,3)4)11-9-7-6-8-10-11/h6-10H,5H2,1-4H3. The van der Waals surface area contributed by atoms with Crippen LogP contribution >= 0.6 is 8.20 Å². The van der Waals surface area contributed by atoms with Crippen LogP contribution in [0.15, 0.2) is 30.3 Å². The average molecular weight is 222 g/mol. The SMILES string of the molecule is CCP=C(c1ccccc1)[Si](C)(C)C. The molecule has 14 heavy (non-hydrogen) atoms. The zero-order valence-electron chi connectivity index (χ0n) is 9.54. The van der Waals surface area contributed by atoms with E-state index in [9.17, 15) is 0 Å². The lowest BCUT2D eigenvalue weighted by Gasteiger charge is -2.20. The lowest BCUT2D eigenvalue weighted by Crippen LogP contribution is -2.32. The zero-order chi connectivity index (χ0) is 10.6. The molecule has 0 heterocycles. The molecule has 1 aromatic carbocycles. The van der Waals surface area contributed by atoms with Crippen molar-refractivity contribution in [1.82, 2.24) is 0 Å². The van der Waals surface area contributed by atoms with E-state index in [0.29, 0.717) is 0 Å². The summed E-state index contributed by atoms with van der Waals surface area (Å²) in [5.74, 6) is 0. The van der Waals surface area contributed by atoms with Gasteiger partial charge < -0.3 is 0 Å². The Hall–Kier alpha value is -0.393. The Balaban J connectivity index is 3.09. The smallest absolute Gasteiger partial charge is 0.0838 e. The van der Waals surface area contributed by atoms with Gasteiger partial charge in [-0.2, -0.15) is 0 Å². The maximum atomic E-state index is 2.43. The first-order valence-corrected chi connectivity index (χ1v) is 9.74. The van der Waals surface area contributed by atoms with Gasteiger partial charge in [0, 0.05) is 0 Å². The normalized spacial score (nSPS) is 13.0. The van der Waals surface area contributed by atoms with Crippen LogP contribution in [0.3, 0.4) is 0 Å². The molecule has 0 aliphatic carbocycles. The summed E-state index contributed by atoms with van der Waals surface area (Å²) in [5, 5.41) is 0. The quantitative estimate of drug-likeness (QED) is 0.534. The molecule has 0 unspecified atom stereocenters. The molecule has 0 bridgehead atoms. The molecule has 2 heteroatoms. The fraction of sp³-hybridized carbons (Fsp3) is 0.417. The summed E-state index contributed by atoms with van der Waals surface area (Å²) < 4.78 is 0. The molecular formula is C12H19PSi. The number of hydrogen-bond donors (Lipinski definition) is 0. The van der Waals surface area contributed by atoms with E-state index in [1.807, 2.05) is 0 Å². The van der Waals surface area contributed by atoms with Crippen LogP contribution in [0.25, 0.3) is 0 Å². The Bertz CT molecular complexity index is 309. The summed E-state index contributed by atoms with van der Waals surface area (Å²) in [7, 11) is 0.370. The number of benzene rings is 1. The highest BCUT2D eigenvalue weighted by atomic mass is 31.1. The van der Waals surface area contributed by atoms with E-state index in [-0.39, 0.29) is 0 Å². The van der Waals surface area contributed by atoms with Crippen LogP contribution in [0.1, 0.15) is 12.5 Å². The van der Waals surface area contributed by atoms with Crippen molar-refractivity contribution in [3.05, 3.63) is 35.9 Å². The van der Waals surface area contributed by atoms with E-state index < -0.39 is 8.07 Å². The molecule has 0 nitrogen and oxygen atoms in total. The summed E-state index contributed by atoms with van der Waals surface area (Å²) in [5.41, 5.74) is 1.45. The van der Waals surface area contributed by atoms with Crippen LogP contribution in [-0.4, -0.2) is 19.2 Å². The molecule has 0 N–H and O–H groups in total. The Morgan fingerprint density at radius 1 is 1.14 bits per heavy atom. The first kappa shape index (κ1) is 11.7. The second-order valence-corrected chi connectivity index (χ2v) is 11.3. The highest BCUT2D eigenvalue weighted by Gasteiger charge is 2.20. The van der Waals surface area contributed by atoms with Crippen molar-refractivity contribution in [2.75, 3.05) is 6.16 Å². The van der Waals surface area contributed by atoms with Gasteiger partial charge in [-0.25, -0.2) is 0 Å². The maximum absolute atomic E-state index is 2.43. The lowest BCUT2D eigenvalue weighted by molar-refractivity contribution is 1.53. The number of rotatable bonds is 3. The third-order valence-corrected chi connectivity index (χ3v) is 7.16. The van der Waals surface area contributed by atoms with E-state index in [2.05, 4.69) is 56.9 Å². The van der Waals surface area contributed by atoms with Crippen LogP contribution in [0.2, 0.25) is 19.6 Å². The highest BCUT2D eigenvalue weighted by molar-refractivity contribution is 7.51. The Morgan fingerprint density at radius 2 is 1.71 bits per heavy atom. The van der Waals surface area contributed by atoms with Gasteiger partial charge in [-0.1, -0.05) is 56.9 Å². The summed E-state index contributed by atoms with van der Waals surface area (Å²) >= 11 is 0. The molecule has 0 aliphatic rings. The van der Waals surface area contributed by atoms with Gasteiger partial charge in [-0.05, 0) is 16.6 Å². The van der Waals surface area contributed by atoms with Crippen molar-refractivity contribution in [3.63, 3.8) is 0 Å². The molecule has 1 aromatic rings. The Kier molecular flexibility index (Phi) is 4.09. The summed E-state index contributed by atoms with van der Waals surface area (Å²) in [6.45, 7) is 9.54. The van der Waals surface area contributed by atoms with Gasteiger partial charge >= 0.3 is 0 Å². The minimum atomic E-state index is -1.14. The van der Waals surface area contributed by atoms with Crippen LogP contribution in [0.4, 0.5) is 0 Å². The monoisotopic (exact) mass is 222 g/mol. The predicted molar refractivity (Wildman–Crippen MR) is 71.4 cm³/mol. The molecule has 0 amide bonds. The van der Waals surface area contributed by atoms with E-state index in [4.69, 9.17) is 0 Å². The van der Waals surface area contributed by atoms with Crippen molar-refractivity contribution in [3.8, 4) is 0 Å². The molecule has 0 saturated heterocycles. The molecule has 0 aliphatic heterocycles. The summed E-state index contributed by atoms with van der Waals surface area (Å²) in [6.07, 6.45) is 1.23. The minimum absolute atomic E-state index is 1.14. The van der Waals surface area contributed by atoms with Gasteiger partial charge in [0.1, 0.15) is 0 Å². The second kappa shape index (κ2) is 4.91. The summed E-state index contributed by atoms with van der Waals surface area (Å²) in [6, 6.07) is 10.9. The zero-order valence-corrected chi connectivity index (χ0v) is 11.4. The van der Waals surface area contributed by atoms with Gasteiger partial charge in [-0.3, -0.25) is 0 Å². The molecule has 0 radical (unpaired) electrons. The van der Waals surface area contributed by atoms with Crippen molar-refractivity contribution in [2.45, 2.75) is 26.6 Å². The third kappa shape index (κ3) is 3.08. The topological polar surface area (TPSA) is 0 Å². The molecular weight excluding hydrogens is 203 g/mol. The largest absolute Gasteiger partial charge is 0.105 e. The Morgan fingerprint density at radius 3 is 2.14 bits per heavy atom. The van der Waals surface area contributed by atoms with Crippen molar-refractivity contribution < 1.29 is 0 Å². The third-order valence-electron chi connectivity index (χ3n) is 2.07. The highest BCUT2D eigenvalue weighted by Crippen LogP contribution is 2.19. The van der Waals surface area contributed by atoms with Gasteiger partial charge in [0.2, 0.25) is 0 Å². The van der Waals surface area contributed by atoms with E-state index in [0.717, 1.165) is 0 Å². The van der Waals surface area contributed by atoms with Crippen molar-refractivity contribution >= 4 is 21.2 Å². The van der Waals surface area contributed by atoms with Crippen LogP contribution in [0.5, 0.6) is 0 Å². The van der Waals surface area contributed by atoms with Crippen LogP contribution < -0.4 is 0 Å². The summed E-state index contributed by atoms with van der Waals surface area (Å²) in [4.78, 5) is 1.68. The van der Waals surface area contributed by atoms with Crippen LogP contribution in [0, 0.1) is 0 Å².